The number of hydrogen-bond donors (Lipinski definition) is 1. The van der Waals surface area contributed by atoms with Crippen molar-refractivity contribution in [1.82, 2.24) is 10.3 Å². The molecule has 0 saturated heterocycles. The Morgan fingerprint density at radius 2 is 1.90 bits per heavy atom. The largest absolute Gasteiger partial charge is 0.441 e. The van der Waals surface area contributed by atoms with Crippen LogP contribution in [0.5, 0.6) is 0 Å². The van der Waals surface area contributed by atoms with Gasteiger partial charge in [-0.2, -0.15) is 0 Å². The van der Waals surface area contributed by atoms with Crippen LogP contribution in [0.1, 0.15) is 38.1 Å². The topological polar surface area (TPSA) is 55.1 Å². The van der Waals surface area contributed by atoms with E-state index in [1.165, 1.54) is 0 Å². The highest BCUT2D eigenvalue weighted by Crippen LogP contribution is 2.21. The van der Waals surface area contributed by atoms with Gasteiger partial charge >= 0.3 is 0 Å². The second kappa shape index (κ2) is 7.07. The highest BCUT2D eigenvalue weighted by Gasteiger charge is 2.16. The van der Waals surface area contributed by atoms with Crippen LogP contribution in [-0.4, -0.2) is 16.9 Å². The van der Waals surface area contributed by atoms with Crippen LogP contribution in [0.15, 0.2) is 34.7 Å². The molecule has 0 atom stereocenters. The summed E-state index contributed by atoms with van der Waals surface area (Å²) in [4.78, 5) is 16.5. The van der Waals surface area contributed by atoms with E-state index in [-0.39, 0.29) is 18.4 Å². The molecule has 4 nitrogen and oxygen atoms in total. The lowest BCUT2D eigenvalue weighted by Gasteiger charge is -2.13. The number of aromatic nitrogens is 1. The van der Waals surface area contributed by atoms with Crippen LogP contribution in [0.25, 0.3) is 11.5 Å². The van der Waals surface area contributed by atoms with Crippen molar-refractivity contribution in [2.45, 2.75) is 46.1 Å². The first-order chi connectivity index (χ1) is 10.1. The Hall–Kier alpha value is -2.10. The van der Waals surface area contributed by atoms with E-state index in [4.69, 9.17) is 4.42 Å². The van der Waals surface area contributed by atoms with Gasteiger partial charge < -0.3 is 9.73 Å². The summed E-state index contributed by atoms with van der Waals surface area (Å²) in [6, 6.07) is 9.95. The van der Waals surface area contributed by atoms with Crippen molar-refractivity contribution in [3.63, 3.8) is 0 Å². The van der Waals surface area contributed by atoms with Crippen LogP contribution >= 0.6 is 0 Å². The Morgan fingerprint density at radius 1 is 1.24 bits per heavy atom. The van der Waals surface area contributed by atoms with Crippen molar-refractivity contribution < 1.29 is 9.21 Å². The summed E-state index contributed by atoms with van der Waals surface area (Å²) in [6.07, 6.45) is 2.14. The molecule has 0 aliphatic carbocycles. The van der Waals surface area contributed by atoms with Crippen molar-refractivity contribution in [2.24, 2.45) is 0 Å². The molecule has 1 amide bonds. The first-order valence-electron chi connectivity index (χ1n) is 7.45. The lowest BCUT2D eigenvalue weighted by Crippen LogP contribution is -2.35. The van der Waals surface area contributed by atoms with Crippen LogP contribution < -0.4 is 5.32 Å². The number of oxazole rings is 1. The first-order valence-corrected chi connectivity index (χ1v) is 7.45. The van der Waals surface area contributed by atoms with E-state index < -0.39 is 0 Å². The average Bonchev–Trinajstić information content (AvgIpc) is 2.87. The molecule has 21 heavy (non-hydrogen) atoms. The molecule has 0 spiro atoms. The lowest BCUT2D eigenvalue weighted by atomic mass is 10.1. The van der Waals surface area contributed by atoms with E-state index in [1.807, 2.05) is 37.3 Å². The highest BCUT2D eigenvalue weighted by molar-refractivity contribution is 5.78. The fraction of sp³-hybridized carbons (Fsp3) is 0.412. The van der Waals surface area contributed by atoms with E-state index in [9.17, 15) is 4.79 Å². The molecule has 2 rings (SSSR count). The van der Waals surface area contributed by atoms with E-state index in [0.717, 1.165) is 18.4 Å². The highest BCUT2D eigenvalue weighted by atomic mass is 16.4. The van der Waals surface area contributed by atoms with Gasteiger partial charge in [-0.1, -0.05) is 32.0 Å². The summed E-state index contributed by atoms with van der Waals surface area (Å²) in [5.41, 5.74) is 1.63. The third-order valence-electron chi connectivity index (χ3n) is 3.59. The van der Waals surface area contributed by atoms with E-state index in [0.29, 0.717) is 17.3 Å². The van der Waals surface area contributed by atoms with Gasteiger partial charge in [0.2, 0.25) is 11.8 Å². The summed E-state index contributed by atoms with van der Waals surface area (Å²) >= 11 is 0. The standard InChI is InChI=1S/C17H22N2O2/c1-4-14(5-2)18-16(20)11-15-12(3)21-17(19-15)13-9-7-6-8-10-13/h6-10,14H,4-5,11H2,1-3H3,(H,18,20). The lowest BCUT2D eigenvalue weighted by molar-refractivity contribution is -0.121. The zero-order valence-electron chi connectivity index (χ0n) is 12.8. The third kappa shape index (κ3) is 3.94. The second-order valence-corrected chi connectivity index (χ2v) is 5.15. The minimum atomic E-state index is -0.000267. The third-order valence-corrected chi connectivity index (χ3v) is 3.59. The van der Waals surface area contributed by atoms with Gasteiger partial charge in [0.1, 0.15) is 5.76 Å². The quantitative estimate of drug-likeness (QED) is 0.884. The molecule has 0 bridgehead atoms. The normalized spacial score (nSPS) is 10.9. The predicted octanol–water partition coefficient (Wildman–Crippen LogP) is 3.50. The molecular weight excluding hydrogens is 264 g/mol. The van der Waals surface area contributed by atoms with Gasteiger partial charge in [0.05, 0.1) is 12.1 Å². The Kier molecular flexibility index (Phi) is 5.14. The fourth-order valence-corrected chi connectivity index (χ4v) is 2.22. The molecule has 1 N–H and O–H groups in total. The second-order valence-electron chi connectivity index (χ2n) is 5.15. The molecule has 0 saturated carbocycles. The fourth-order valence-electron chi connectivity index (χ4n) is 2.22. The molecule has 0 unspecified atom stereocenters. The van der Waals surface area contributed by atoms with Crippen LogP contribution in [-0.2, 0) is 11.2 Å². The van der Waals surface area contributed by atoms with Crippen molar-refractivity contribution in [2.75, 3.05) is 0 Å². The summed E-state index contributed by atoms with van der Waals surface area (Å²) < 4.78 is 5.67. The van der Waals surface area contributed by atoms with Crippen molar-refractivity contribution in [3.8, 4) is 11.5 Å². The predicted molar refractivity (Wildman–Crippen MR) is 82.9 cm³/mol. The number of benzene rings is 1. The van der Waals surface area contributed by atoms with Crippen molar-refractivity contribution in [1.29, 1.82) is 0 Å². The van der Waals surface area contributed by atoms with E-state index >= 15 is 0 Å². The maximum atomic E-state index is 12.0. The van der Waals surface area contributed by atoms with Crippen LogP contribution in [0.2, 0.25) is 0 Å². The SMILES string of the molecule is CCC(CC)NC(=O)Cc1nc(-c2ccccc2)oc1C. The summed E-state index contributed by atoms with van der Waals surface area (Å²) in [5.74, 6) is 1.27. The number of rotatable bonds is 6. The Morgan fingerprint density at radius 3 is 2.52 bits per heavy atom. The molecule has 2 aromatic rings. The number of nitrogens with one attached hydrogen (secondary N) is 1. The molecule has 1 aromatic heterocycles. The molecule has 0 aliphatic heterocycles. The van der Waals surface area contributed by atoms with Gasteiger partial charge in [0.25, 0.3) is 0 Å². The van der Waals surface area contributed by atoms with Crippen molar-refractivity contribution in [3.05, 3.63) is 41.8 Å². The number of nitrogens with zero attached hydrogens (tertiary/aromatic N) is 1. The van der Waals surface area contributed by atoms with Gasteiger partial charge in [0, 0.05) is 11.6 Å². The summed E-state index contributed by atoms with van der Waals surface area (Å²) in [6.45, 7) is 5.99. The molecule has 112 valence electrons. The average molecular weight is 286 g/mol. The summed E-state index contributed by atoms with van der Waals surface area (Å²) in [5, 5.41) is 3.02. The molecule has 1 aromatic carbocycles. The molecule has 1 heterocycles. The maximum absolute atomic E-state index is 12.0. The zero-order valence-corrected chi connectivity index (χ0v) is 12.8. The number of carbonyl (C=O) groups excluding carboxylic acids is 1. The molecule has 0 fully saturated rings. The van der Waals surface area contributed by atoms with Gasteiger partial charge in [-0.05, 0) is 31.9 Å². The monoisotopic (exact) mass is 286 g/mol. The van der Waals surface area contributed by atoms with Crippen molar-refractivity contribution >= 4 is 5.91 Å². The molecule has 0 radical (unpaired) electrons. The van der Waals surface area contributed by atoms with E-state index in [1.54, 1.807) is 0 Å². The van der Waals surface area contributed by atoms with Crippen LogP contribution in [0, 0.1) is 6.92 Å². The minimum absolute atomic E-state index is 0.000267. The zero-order chi connectivity index (χ0) is 15.2. The summed E-state index contributed by atoms with van der Waals surface area (Å²) in [7, 11) is 0. The smallest absolute Gasteiger partial charge is 0.226 e. The van der Waals surface area contributed by atoms with Gasteiger partial charge in [-0.15, -0.1) is 0 Å². The number of aryl methyl sites for hydroxylation is 1. The molecule has 4 heteroatoms. The Balaban J connectivity index is 2.08. The van der Waals surface area contributed by atoms with Crippen LogP contribution in [0.4, 0.5) is 0 Å². The van der Waals surface area contributed by atoms with Gasteiger partial charge in [-0.25, -0.2) is 4.98 Å². The Labute approximate surface area is 125 Å². The number of hydrogen-bond acceptors (Lipinski definition) is 3. The molecular formula is C17H22N2O2. The van der Waals surface area contributed by atoms with Crippen LogP contribution in [0.3, 0.4) is 0 Å². The minimum Gasteiger partial charge on any atom is -0.441 e. The molecule has 0 aliphatic rings. The van der Waals surface area contributed by atoms with Gasteiger partial charge in [0.15, 0.2) is 0 Å². The Bertz CT molecular complexity index is 586. The van der Waals surface area contributed by atoms with E-state index in [2.05, 4.69) is 24.1 Å². The maximum Gasteiger partial charge on any atom is 0.226 e. The number of amides is 1. The number of carbonyl (C=O) groups is 1. The first kappa shape index (κ1) is 15.3. The van der Waals surface area contributed by atoms with Gasteiger partial charge in [-0.3, -0.25) is 4.79 Å².